The number of rotatable bonds is 8. The van der Waals surface area contributed by atoms with Crippen molar-refractivity contribution < 1.29 is 14.6 Å². The molecule has 0 unspecified atom stereocenters. The maximum absolute atomic E-state index is 11.4. The number of carbonyl (C=O) groups excluding carboxylic acids is 1. The van der Waals surface area contributed by atoms with Crippen LogP contribution in [0.3, 0.4) is 0 Å². The minimum Gasteiger partial charge on any atom is -0.484 e. The lowest BCUT2D eigenvalue weighted by Gasteiger charge is -2.08. The van der Waals surface area contributed by atoms with E-state index >= 15 is 0 Å². The predicted molar refractivity (Wildman–Crippen MR) is 70.6 cm³/mol. The SMILES string of the molecule is CCc1cccc(OCC(=O)NCCCCO)c1. The van der Waals surface area contributed by atoms with Crippen LogP contribution in [0.25, 0.3) is 0 Å². The highest BCUT2D eigenvalue weighted by Crippen LogP contribution is 2.13. The van der Waals surface area contributed by atoms with Gasteiger partial charge in [0.2, 0.25) is 0 Å². The second kappa shape index (κ2) is 8.53. The molecule has 0 aromatic heterocycles. The number of aliphatic hydroxyl groups excluding tert-OH is 1. The molecule has 0 atom stereocenters. The van der Waals surface area contributed by atoms with Gasteiger partial charge in [-0.3, -0.25) is 4.79 Å². The fourth-order valence-corrected chi connectivity index (χ4v) is 1.52. The van der Waals surface area contributed by atoms with Crippen LogP contribution >= 0.6 is 0 Å². The van der Waals surface area contributed by atoms with Gasteiger partial charge in [0.25, 0.3) is 5.91 Å². The highest BCUT2D eigenvalue weighted by Gasteiger charge is 2.02. The van der Waals surface area contributed by atoms with E-state index in [4.69, 9.17) is 9.84 Å². The van der Waals surface area contributed by atoms with Crippen LogP contribution in [0, 0.1) is 0 Å². The highest BCUT2D eigenvalue weighted by molar-refractivity contribution is 5.77. The molecule has 1 amide bonds. The molecule has 2 N–H and O–H groups in total. The number of amides is 1. The van der Waals surface area contributed by atoms with Crippen molar-refractivity contribution in [2.75, 3.05) is 19.8 Å². The van der Waals surface area contributed by atoms with Crippen molar-refractivity contribution in [1.82, 2.24) is 5.32 Å². The molecule has 0 fully saturated rings. The molecular formula is C14H21NO3. The number of aliphatic hydroxyl groups is 1. The van der Waals surface area contributed by atoms with Gasteiger partial charge in [0, 0.05) is 13.2 Å². The third-order valence-electron chi connectivity index (χ3n) is 2.58. The molecule has 18 heavy (non-hydrogen) atoms. The summed E-state index contributed by atoms with van der Waals surface area (Å²) in [7, 11) is 0. The quantitative estimate of drug-likeness (QED) is 0.689. The molecule has 0 aliphatic carbocycles. The summed E-state index contributed by atoms with van der Waals surface area (Å²) in [5, 5.41) is 11.3. The predicted octanol–water partition coefficient (Wildman–Crippen LogP) is 1.52. The summed E-state index contributed by atoms with van der Waals surface area (Å²) in [5.41, 5.74) is 1.19. The van der Waals surface area contributed by atoms with Gasteiger partial charge in [0.05, 0.1) is 0 Å². The molecule has 1 rings (SSSR count). The van der Waals surface area contributed by atoms with Gasteiger partial charge in [-0.15, -0.1) is 0 Å². The Morgan fingerprint density at radius 3 is 2.94 bits per heavy atom. The fraction of sp³-hybridized carbons (Fsp3) is 0.500. The van der Waals surface area contributed by atoms with Crippen molar-refractivity contribution in [3.8, 4) is 5.75 Å². The Hall–Kier alpha value is -1.55. The topological polar surface area (TPSA) is 58.6 Å². The number of ether oxygens (including phenoxy) is 1. The van der Waals surface area contributed by atoms with Crippen LogP contribution in [0.2, 0.25) is 0 Å². The molecule has 0 radical (unpaired) electrons. The average molecular weight is 251 g/mol. The standard InChI is InChI=1S/C14H21NO3/c1-2-12-6-5-7-13(10-12)18-11-14(17)15-8-3-4-9-16/h5-7,10,16H,2-4,8-9,11H2,1H3,(H,15,17). The van der Waals surface area contributed by atoms with E-state index in [0.717, 1.165) is 18.6 Å². The van der Waals surface area contributed by atoms with Crippen LogP contribution in [-0.4, -0.2) is 30.8 Å². The maximum Gasteiger partial charge on any atom is 0.257 e. The van der Waals surface area contributed by atoms with Crippen molar-refractivity contribution in [3.05, 3.63) is 29.8 Å². The summed E-state index contributed by atoms with van der Waals surface area (Å²) in [5.74, 6) is 0.592. The Labute approximate surface area is 108 Å². The monoisotopic (exact) mass is 251 g/mol. The third-order valence-corrected chi connectivity index (χ3v) is 2.58. The zero-order chi connectivity index (χ0) is 13.2. The van der Waals surface area contributed by atoms with Crippen LogP contribution in [0.5, 0.6) is 5.75 Å². The first-order chi connectivity index (χ1) is 8.76. The summed E-state index contributed by atoms with van der Waals surface area (Å²) >= 11 is 0. The van der Waals surface area contributed by atoms with Crippen LogP contribution in [0.15, 0.2) is 24.3 Å². The molecule has 0 heterocycles. The Balaban J connectivity index is 2.24. The molecular weight excluding hydrogens is 230 g/mol. The minimum atomic E-state index is -0.130. The lowest BCUT2D eigenvalue weighted by atomic mass is 10.2. The van der Waals surface area contributed by atoms with E-state index in [1.54, 1.807) is 0 Å². The molecule has 4 heteroatoms. The zero-order valence-electron chi connectivity index (χ0n) is 10.8. The first-order valence-electron chi connectivity index (χ1n) is 6.35. The van der Waals surface area contributed by atoms with E-state index < -0.39 is 0 Å². The van der Waals surface area contributed by atoms with Gasteiger partial charge in [-0.2, -0.15) is 0 Å². The number of benzene rings is 1. The summed E-state index contributed by atoms with van der Waals surface area (Å²) in [4.78, 5) is 11.4. The van der Waals surface area contributed by atoms with E-state index in [2.05, 4.69) is 12.2 Å². The summed E-state index contributed by atoms with van der Waals surface area (Å²) in [6.45, 7) is 2.85. The Morgan fingerprint density at radius 2 is 2.22 bits per heavy atom. The van der Waals surface area contributed by atoms with Crippen molar-refractivity contribution in [2.24, 2.45) is 0 Å². The first-order valence-corrected chi connectivity index (χ1v) is 6.35. The summed E-state index contributed by atoms with van der Waals surface area (Å²) in [6.07, 6.45) is 2.44. The summed E-state index contributed by atoms with van der Waals surface area (Å²) in [6, 6.07) is 7.74. The van der Waals surface area contributed by atoms with Crippen LogP contribution in [-0.2, 0) is 11.2 Å². The van der Waals surface area contributed by atoms with E-state index in [1.165, 1.54) is 5.56 Å². The molecule has 0 saturated carbocycles. The van der Waals surface area contributed by atoms with E-state index in [0.29, 0.717) is 13.0 Å². The van der Waals surface area contributed by atoms with Crippen LogP contribution < -0.4 is 10.1 Å². The van der Waals surface area contributed by atoms with Crippen molar-refractivity contribution in [3.63, 3.8) is 0 Å². The molecule has 4 nitrogen and oxygen atoms in total. The normalized spacial score (nSPS) is 10.1. The second-order valence-electron chi connectivity index (χ2n) is 4.07. The largest absolute Gasteiger partial charge is 0.484 e. The molecule has 0 saturated heterocycles. The maximum atomic E-state index is 11.4. The number of carbonyl (C=O) groups is 1. The second-order valence-corrected chi connectivity index (χ2v) is 4.07. The van der Waals surface area contributed by atoms with Gasteiger partial charge in [0.1, 0.15) is 5.75 Å². The Kier molecular flexibility index (Phi) is 6.87. The number of hydrogen-bond donors (Lipinski definition) is 2. The van der Waals surface area contributed by atoms with Gasteiger partial charge in [-0.1, -0.05) is 19.1 Å². The van der Waals surface area contributed by atoms with E-state index in [-0.39, 0.29) is 19.1 Å². The number of aryl methyl sites for hydroxylation is 1. The van der Waals surface area contributed by atoms with E-state index in [9.17, 15) is 4.79 Å². The van der Waals surface area contributed by atoms with Gasteiger partial charge >= 0.3 is 0 Å². The molecule has 100 valence electrons. The Bertz CT molecular complexity index is 366. The lowest BCUT2D eigenvalue weighted by Crippen LogP contribution is -2.29. The minimum absolute atomic E-state index is 0.0340. The average Bonchev–Trinajstić information content (AvgIpc) is 2.41. The van der Waals surface area contributed by atoms with Gasteiger partial charge in [0.15, 0.2) is 6.61 Å². The smallest absolute Gasteiger partial charge is 0.257 e. The number of unbranched alkanes of at least 4 members (excludes halogenated alkanes) is 1. The fourth-order valence-electron chi connectivity index (χ4n) is 1.52. The van der Waals surface area contributed by atoms with Crippen molar-refractivity contribution >= 4 is 5.91 Å². The molecule has 1 aromatic carbocycles. The van der Waals surface area contributed by atoms with E-state index in [1.807, 2.05) is 24.3 Å². The lowest BCUT2D eigenvalue weighted by molar-refractivity contribution is -0.123. The summed E-state index contributed by atoms with van der Waals surface area (Å²) < 4.78 is 5.41. The van der Waals surface area contributed by atoms with Crippen LogP contribution in [0.1, 0.15) is 25.3 Å². The van der Waals surface area contributed by atoms with Crippen molar-refractivity contribution in [1.29, 1.82) is 0 Å². The van der Waals surface area contributed by atoms with Gasteiger partial charge in [-0.25, -0.2) is 0 Å². The Morgan fingerprint density at radius 1 is 1.39 bits per heavy atom. The van der Waals surface area contributed by atoms with Crippen molar-refractivity contribution in [2.45, 2.75) is 26.2 Å². The van der Waals surface area contributed by atoms with Crippen LogP contribution in [0.4, 0.5) is 0 Å². The first kappa shape index (κ1) is 14.5. The van der Waals surface area contributed by atoms with Gasteiger partial charge < -0.3 is 15.2 Å². The highest BCUT2D eigenvalue weighted by atomic mass is 16.5. The number of nitrogens with one attached hydrogen (secondary N) is 1. The van der Waals surface area contributed by atoms with Gasteiger partial charge in [-0.05, 0) is 37.0 Å². The zero-order valence-corrected chi connectivity index (χ0v) is 10.8. The molecule has 0 spiro atoms. The molecule has 0 aliphatic heterocycles. The molecule has 0 aliphatic rings. The third kappa shape index (κ3) is 5.68. The molecule has 1 aromatic rings. The molecule has 0 bridgehead atoms. The number of hydrogen-bond acceptors (Lipinski definition) is 3.